The molecule has 0 heterocycles. The van der Waals surface area contributed by atoms with Crippen LogP contribution >= 0.6 is 11.8 Å². The van der Waals surface area contributed by atoms with Crippen LogP contribution in [0, 0.1) is 0 Å². The van der Waals surface area contributed by atoms with Crippen LogP contribution in [0.2, 0.25) is 0 Å². The van der Waals surface area contributed by atoms with E-state index in [1.54, 1.807) is 12.1 Å². The van der Waals surface area contributed by atoms with Crippen molar-refractivity contribution >= 4 is 23.1 Å². The molecule has 0 aromatic heterocycles. The van der Waals surface area contributed by atoms with Gasteiger partial charge in [-0.15, -0.1) is 5.16 Å². The Labute approximate surface area is 93.2 Å². The van der Waals surface area contributed by atoms with Gasteiger partial charge in [0.2, 0.25) is 5.12 Å². The van der Waals surface area contributed by atoms with Crippen molar-refractivity contribution in [2.45, 2.75) is 18.6 Å². The lowest BCUT2D eigenvalue weighted by molar-refractivity contribution is 0.108. The molecule has 80 valence electrons. The zero-order valence-electron chi connectivity index (χ0n) is 8.68. The molecule has 0 unspecified atom stereocenters. The Hall–Kier alpha value is -1.29. The van der Waals surface area contributed by atoms with Gasteiger partial charge in [0.05, 0.1) is 11.0 Å². The zero-order chi connectivity index (χ0) is 11.3. The molecule has 1 aromatic rings. The second-order valence-corrected chi connectivity index (χ2v) is 5.23. The number of carbonyl (C=O) groups is 1. The third-order valence-corrected chi connectivity index (χ3v) is 2.79. The average Bonchev–Trinajstić information content (AvgIpc) is 2.18. The summed E-state index contributed by atoms with van der Waals surface area (Å²) >= 11 is 1.13. The van der Waals surface area contributed by atoms with Crippen molar-refractivity contribution in [3.63, 3.8) is 0 Å². The molecule has 0 saturated heterocycles. The van der Waals surface area contributed by atoms with E-state index in [9.17, 15) is 4.79 Å². The predicted octanol–water partition coefficient (Wildman–Crippen LogP) is 2.80. The number of thioether (sulfide) groups is 1. The van der Waals surface area contributed by atoms with Crippen molar-refractivity contribution in [1.29, 1.82) is 0 Å². The number of oxime groups is 1. The van der Waals surface area contributed by atoms with Crippen molar-refractivity contribution in [3.8, 4) is 0 Å². The Bertz CT molecular complexity index is 360. The molecule has 0 aliphatic rings. The minimum Gasteiger partial charge on any atom is -0.411 e. The second-order valence-electron chi connectivity index (χ2n) is 3.60. The smallest absolute Gasteiger partial charge is 0.220 e. The van der Waals surface area contributed by atoms with Crippen molar-refractivity contribution in [3.05, 3.63) is 35.9 Å². The minimum atomic E-state index is -0.498. The fourth-order valence-electron chi connectivity index (χ4n) is 1.04. The van der Waals surface area contributed by atoms with Crippen LogP contribution in [0.25, 0.3) is 0 Å². The Balaban J connectivity index is 2.72. The van der Waals surface area contributed by atoms with Gasteiger partial charge in [-0.2, -0.15) is 0 Å². The molecule has 0 saturated carbocycles. The number of rotatable bonds is 3. The van der Waals surface area contributed by atoms with Crippen LogP contribution in [0.5, 0.6) is 0 Å². The van der Waals surface area contributed by atoms with Gasteiger partial charge in [0.15, 0.2) is 0 Å². The van der Waals surface area contributed by atoms with Crippen LogP contribution in [0.3, 0.4) is 0 Å². The van der Waals surface area contributed by atoms with Crippen molar-refractivity contribution in [2.75, 3.05) is 0 Å². The van der Waals surface area contributed by atoms with Gasteiger partial charge in [-0.25, -0.2) is 0 Å². The van der Waals surface area contributed by atoms with Gasteiger partial charge in [-0.1, -0.05) is 42.1 Å². The summed E-state index contributed by atoms with van der Waals surface area (Å²) in [6.07, 6.45) is 1.35. The van der Waals surface area contributed by atoms with Crippen molar-refractivity contribution in [1.82, 2.24) is 0 Å². The minimum absolute atomic E-state index is 0.0273. The number of hydrogen-bond donors (Lipinski definition) is 1. The summed E-state index contributed by atoms with van der Waals surface area (Å²) in [4.78, 5) is 11.8. The van der Waals surface area contributed by atoms with E-state index < -0.39 is 4.75 Å². The molecule has 0 bridgehead atoms. The number of nitrogens with zero attached hydrogens (tertiary/aromatic N) is 1. The lowest BCUT2D eigenvalue weighted by Gasteiger charge is -2.16. The Morgan fingerprint density at radius 3 is 2.53 bits per heavy atom. The third-order valence-electron chi connectivity index (χ3n) is 1.73. The fraction of sp³-hybridized carbons (Fsp3) is 0.273. The Morgan fingerprint density at radius 2 is 2.00 bits per heavy atom. The van der Waals surface area contributed by atoms with Gasteiger partial charge in [-0.3, -0.25) is 4.79 Å². The molecular weight excluding hydrogens is 210 g/mol. The highest BCUT2D eigenvalue weighted by molar-refractivity contribution is 8.15. The first-order chi connectivity index (χ1) is 7.05. The monoisotopic (exact) mass is 223 g/mol. The molecule has 0 aliphatic carbocycles. The van der Waals surface area contributed by atoms with Gasteiger partial charge in [0.1, 0.15) is 0 Å². The molecule has 3 nitrogen and oxygen atoms in total. The molecule has 1 aromatic carbocycles. The fourth-order valence-corrected chi connectivity index (χ4v) is 1.87. The summed E-state index contributed by atoms with van der Waals surface area (Å²) in [6.45, 7) is 3.64. The van der Waals surface area contributed by atoms with Crippen LogP contribution in [0.15, 0.2) is 35.5 Å². The quantitative estimate of drug-likeness (QED) is 0.487. The van der Waals surface area contributed by atoms with Crippen LogP contribution in [-0.2, 0) is 0 Å². The molecule has 0 spiro atoms. The van der Waals surface area contributed by atoms with Crippen LogP contribution < -0.4 is 0 Å². The van der Waals surface area contributed by atoms with Crippen LogP contribution in [0.1, 0.15) is 24.2 Å². The summed E-state index contributed by atoms with van der Waals surface area (Å²) < 4.78 is -0.498. The maximum atomic E-state index is 11.8. The van der Waals surface area contributed by atoms with Gasteiger partial charge in [0.25, 0.3) is 0 Å². The summed E-state index contributed by atoms with van der Waals surface area (Å²) in [5.74, 6) is 0. The molecule has 0 fully saturated rings. The highest BCUT2D eigenvalue weighted by Crippen LogP contribution is 2.26. The Kier molecular flexibility index (Phi) is 3.91. The molecule has 0 aliphatic heterocycles. The van der Waals surface area contributed by atoms with E-state index in [1.165, 1.54) is 6.21 Å². The van der Waals surface area contributed by atoms with Crippen molar-refractivity contribution in [2.24, 2.45) is 5.16 Å². The lowest BCUT2D eigenvalue weighted by Crippen LogP contribution is -2.19. The summed E-state index contributed by atoms with van der Waals surface area (Å²) in [6, 6.07) is 9.03. The summed E-state index contributed by atoms with van der Waals surface area (Å²) in [5, 5.41) is 11.4. The zero-order valence-corrected chi connectivity index (χ0v) is 9.49. The van der Waals surface area contributed by atoms with E-state index in [2.05, 4.69) is 5.16 Å². The molecular formula is C11H13NO2S. The summed E-state index contributed by atoms with van der Waals surface area (Å²) in [7, 11) is 0. The standard InChI is InChI=1S/C11H13NO2S/c1-11(2,8-12-14)15-10(13)9-6-4-3-5-7-9/h3-8,14H,1-2H3. The number of benzene rings is 1. The maximum Gasteiger partial charge on any atom is 0.220 e. The van der Waals surface area contributed by atoms with Crippen molar-refractivity contribution < 1.29 is 10.0 Å². The number of hydrogen-bond acceptors (Lipinski definition) is 4. The van der Waals surface area contributed by atoms with E-state index in [0.717, 1.165) is 11.8 Å². The van der Waals surface area contributed by atoms with Gasteiger partial charge in [0, 0.05) is 5.56 Å². The van der Waals surface area contributed by atoms with E-state index in [0.29, 0.717) is 5.56 Å². The molecule has 15 heavy (non-hydrogen) atoms. The van der Waals surface area contributed by atoms with Crippen LogP contribution in [0.4, 0.5) is 0 Å². The topological polar surface area (TPSA) is 49.7 Å². The second kappa shape index (κ2) is 4.98. The first-order valence-corrected chi connectivity index (χ1v) is 5.34. The van der Waals surface area contributed by atoms with Gasteiger partial charge in [-0.05, 0) is 13.8 Å². The highest BCUT2D eigenvalue weighted by atomic mass is 32.2. The first kappa shape index (κ1) is 11.8. The molecule has 1 N–H and O–H groups in total. The maximum absolute atomic E-state index is 11.8. The Morgan fingerprint density at radius 1 is 1.40 bits per heavy atom. The van der Waals surface area contributed by atoms with Gasteiger partial charge < -0.3 is 5.21 Å². The number of carbonyl (C=O) groups excluding carboxylic acids is 1. The van der Waals surface area contributed by atoms with Gasteiger partial charge >= 0.3 is 0 Å². The summed E-state index contributed by atoms with van der Waals surface area (Å²) in [5.41, 5.74) is 0.655. The molecule has 0 radical (unpaired) electrons. The molecule has 4 heteroatoms. The molecule has 0 amide bonds. The molecule has 0 atom stereocenters. The van der Waals surface area contributed by atoms with E-state index in [1.807, 2.05) is 32.0 Å². The average molecular weight is 223 g/mol. The highest BCUT2D eigenvalue weighted by Gasteiger charge is 2.21. The third kappa shape index (κ3) is 3.75. The lowest BCUT2D eigenvalue weighted by atomic mass is 10.2. The first-order valence-electron chi connectivity index (χ1n) is 4.52. The SMILES string of the molecule is CC(C)(C=NO)SC(=O)c1ccccc1. The largest absolute Gasteiger partial charge is 0.411 e. The van der Waals surface area contributed by atoms with E-state index >= 15 is 0 Å². The van der Waals surface area contributed by atoms with E-state index in [-0.39, 0.29) is 5.12 Å². The van der Waals surface area contributed by atoms with E-state index in [4.69, 9.17) is 5.21 Å². The molecule has 1 rings (SSSR count). The predicted molar refractivity (Wildman–Crippen MR) is 62.7 cm³/mol. The van der Waals surface area contributed by atoms with Crippen LogP contribution in [-0.4, -0.2) is 21.3 Å². The normalized spacial score (nSPS) is 11.9.